The van der Waals surface area contributed by atoms with E-state index in [0.717, 1.165) is 35.7 Å². The summed E-state index contributed by atoms with van der Waals surface area (Å²) in [6.45, 7) is 3.23. The van der Waals surface area contributed by atoms with Gasteiger partial charge in [0.05, 0.1) is 16.2 Å². The lowest BCUT2D eigenvalue weighted by Gasteiger charge is -2.20. The third-order valence-corrected chi connectivity index (χ3v) is 6.16. The molecule has 2 aliphatic rings. The molecule has 1 aromatic rings. The maximum absolute atomic E-state index is 12.3. The zero-order valence-corrected chi connectivity index (χ0v) is 13.9. The van der Waals surface area contributed by atoms with E-state index >= 15 is 0 Å². The fourth-order valence-electron chi connectivity index (χ4n) is 2.59. The molecule has 0 radical (unpaired) electrons. The van der Waals surface area contributed by atoms with Gasteiger partial charge in [-0.1, -0.05) is 0 Å². The van der Waals surface area contributed by atoms with Crippen LogP contribution in [0.1, 0.15) is 35.9 Å². The smallest absolute Gasteiger partial charge is 0.263 e. The highest BCUT2D eigenvalue weighted by Crippen LogP contribution is 2.45. The van der Waals surface area contributed by atoms with Crippen molar-refractivity contribution in [2.24, 2.45) is 0 Å². The number of hydrogen-bond donors (Lipinski definition) is 3. The number of β-amino-alcohol motifs (C(OH)–C–C–N with tert-alkyl or cyclic N) is 1. The van der Waals surface area contributed by atoms with Crippen molar-refractivity contribution in [1.29, 1.82) is 0 Å². The minimum absolute atomic E-state index is 0.0625. The van der Waals surface area contributed by atoms with Crippen LogP contribution in [0.25, 0.3) is 0 Å². The number of nitrogen functional groups attached to an aromatic ring is 1. The number of carbonyl (C=O) groups is 1. The predicted octanol–water partition coefficient (Wildman–Crippen LogP) is 1.91. The van der Waals surface area contributed by atoms with Crippen molar-refractivity contribution >= 4 is 39.7 Å². The summed E-state index contributed by atoms with van der Waals surface area (Å²) in [4.78, 5) is 16.0. The van der Waals surface area contributed by atoms with Crippen molar-refractivity contribution in [2.75, 3.05) is 30.0 Å². The van der Waals surface area contributed by atoms with E-state index < -0.39 is 5.60 Å². The number of thiophene rings is 1. The maximum atomic E-state index is 12.3. The third-order valence-electron chi connectivity index (χ3n) is 3.94. The number of nitrogens with two attached hydrogens (primary N) is 1. The van der Waals surface area contributed by atoms with E-state index in [0.29, 0.717) is 23.2 Å². The zero-order valence-electron chi connectivity index (χ0n) is 12.3. The summed E-state index contributed by atoms with van der Waals surface area (Å²) in [6.07, 6.45) is 4.84. The molecule has 1 atom stereocenters. The molecule has 4 N–H and O–H groups in total. The number of thioether (sulfide) groups is 1. The average molecular weight is 327 g/mol. The first-order chi connectivity index (χ1) is 9.91. The molecule has 0 spiro atoms. The van der Waals surface area contributed by atoms with E-state index in [4.69, 9.17) is 5.73 Å². The second-order valence-corrected chi connectivity index (χ2v) is 7.92. The maximum Gasteiger partial charge on any atom is 0.263 e. The van der Waals surface area contributed by atoms with E-state index in [9.17, 15) is 9.90 Å². The number of hydrogen-bond acceptors (Lipinski definition) is 6. The van der Waals surface area contributed by atoms with Crippen LogP contribution in [0.3, 0.4) is 0 Å². The van der Waals surface area contributed by atoms with Crippen molar-refractivity contribution in [3.63, 3.8) is 0 Å². The van der Waals surface area contributed by atoms with Crippen molar-refractivity contribution in [3.05, 3.63) is 4.88 Å². The molecule has 21 heavy (non-hydrogen) atoms. The van der Waals surface area contributed by atoms with Gasteiger partial charge >= 0.3 is 0 Å². The number of nitrogens with zero attached hydrogens (tertiary/aromatic N) is 1. The summed E-state index contributed by atoms with van der Waals surface area (Å²) in [5.74, 6) is -0.0625. The largest absolute Gasteiger partial charge is 0.396 e. The van der Waals surface area contributed by atoms with Gasteiger partial charge in [0.25, 0.3) is 5.91 Å². The number of amides is 1. The van der Waals surface area contributed by atoms with Crippen molar-refractivity contribution < 1.29 is 9.90 Å². The van der Waals surface area contributed by atoms with Gasteiger partial charge in [-0.25, -0.2) is 0 Å². The quantitative estimate of drug-likeness (QED) is 0.736. The SMILES string of the molecule is CSc1c(N2CCC(C)(O)C2)sc(C(=O)NC2CC2)c1N. The standard InChI is InChI=1S/C14H21N3O2S2/c1-14(19)5-6-17(7-14)13-11(20-2)9(15)10(21-13)12(18)16-8-3-4-8/h8,19H,3-7,15H2,1-2H3,(H,16,18). The molecule has 0 bridgehead atoms. The Hall–Kier alpha value is -0.920. The lowest BCUT2D eigenvalue weighted by molar-refractivity contribution is 0.0839. The van der Waals surface area contributed by atoms with Gasteiger partial charge in [-0.3, -0.25) is 4.79 Å². The topological polar surface area (TPSA) is 78.6 Å². The molecule has 1 unspecified atom stereocenters. The number of rotatable bonds is 4. The van der Waals surface area contributed by atoms with Gasteiger partial charge in [0, 0.05) is 19.1 Å². The van der Waals surface area contributed by atoms with E-state index in [1.807, 2.05) is 13.2 Å². The highest BCUT2D eigenvalue weighted by atomic mass is 32.2. The Morgan fingerprint density at radius 3 is 2.81 bits per heavy atom. The van der Waals surface area contributed by atoms with Crippen molar-refractivity contribution in [2.45, 2.75) is 42.7 Å². The van der Waals surface area contributed by atoms with Crippen LogP contribution in [0.15, 0.2) is 4.90 Å². The fraction of sp³-hybridized carbons (Fsp3) is 0.643. The predicted molar refractivity (Wildman–Crippen MR) is 88.5 cm³/mol. The molecule has 1 aliphatic heterocycles. The Balaban J connectivity index is 1.88. The molecule has 7 heteroatoms. The molecular weight excluding hydrogens is 306 g/mol. The first-order valence-electron chi connectivity index (χ1n) is 7.16. The van der Waals surface area contributed by atoms with Crippen LogP contribution in [0.5, 0.6) is 0 Å². The average Bonchev–Trinajstić information content (AvgIpc) is 3.06. The Kier molecular flexibility index (Phi) is 3.83. The van der Waals surface area contributed by atoms with Gasteiger partial charge in [-0.2, -0.15) is 0 Å². The summed E-state index contributed by atoms with van der Waals surface area (Å²) in [5.41, 5.74) is 6.10. The second kappa shape index (κ2) is 5.37. The monoisotopic (exact) mass is 327 g/mol. The van der Waals surface area contributed by atoms with Gasteiger partial charge in [0.15, 0.2) is 0 Å². The first-order valence-corrected chi connectivity index (χ1v) is 9.20. The Morgan fingerprint density at radius 1 is 1.57 bits per heavy atom. The van der Waals surface area contributed by atoms with Crippen LogP contribution in [0.2, 0.25) is 0 Å². The molecule has 1 aliphatic carbocycles. The summed E-state index contributed by atoms with van der Waals surface area (Å²) in [5, 5.41) is 14.2. The summed E-state index contributed by atoms with van der Waals surface area (Å²) >= 11 is 3.01. The van der Waals surface area contributed by atoms with E-state index in [-0.39, 0.29) is 5.91 Å². The third kappa shape index (κ3) is 3.00. The van der Waals surface area contributed by atoms with Crippen LogP contribution in [0.4, 0.5) is 10.7 Å². The second-order valence-electron chi connectivity index (χ2n) is 6.10. The van der Waals surface area contributed by atoms with Crippen LogP contribution in [-0.4, -0.2) is 42.0 Å². The minimum Gasteiger partial charge on any atom is -0.396 e. The lowest BCUT2D eigenvalue weighted by atomic mass is 10.1. The summed E-state index contributed by atoms with van der Waals surface area (Å²) < 4.78 is 0. The molecule has 1 saturated heterocycles. The summed E-state index contributed by atoms with van der Waals surface area (Å²) in [6, 6.07) is 0.327. The number of carbonyl (C=O) groups excluding carboxylic acids is 1. The number of nitrogens with one attached hydrogen (secondary N) is 1. The number of anilines is 2. The highest BCUT2D eigenvalue weighted by molar-refractivity contribution is 7.99. The Labute approximate surface area is 132 Å². The molecule has 2 fully saturated rings. The summed E-state index contributed by atoms with van der Waals surface area (Å²) in [7, 11) is 0. The molecule has 1 saturated carbocycles. The van der Waals surface area contributed by atoms with E-state index in [2.05, 4.69) is 10.2 Å². The van der Waals surface area contributed by atoms with E-state index in [1.165, 1.54) is 11.3 Å². The minimum atomic E-state index is -0.662. The number of aliphatic hydroxyl groups is 1. The normalized spacial score (nSPS) is 25.4. The van der Waals surface area contributed by atoms with Gasteiger partial charge in [0.1, 0.15) is 9.88 Å². The molecular formula is C14H21N3O2S2. The van der Waals surface area contributed by atoms with Crippen molar-refractivity contribution in [3.8, 4) is 0 Å². The first kappa shape index (κ1) is 15.0. The van der Waals surface area contributed by atoms with Gasteiger partial charge in [-0.15, -0.1) is 23.1 Å². The molecule has 1 aromatic heterocycles. The zero-order chi connectivity index (χ0) is 15.2. The lowest BCUT2D eigenvalue weighted by Crippen LogP contribution is -2.29. The van der Waals surface area contributed by atoms with Gasteiger partial charge in [-0.05, 0) is 32.4 Å². The fourth-order valence-corrected chi connectivity index (χ4v) is 4.70. The molecule has 3 rings (SSSR count). The molecule has 5 nitrogen and oxygen atoms in total. The Morgan fingerprint density at radius 2 is 2.29 bits per heavy atom. The van der Waals surface area contributed by atoms with Gasteiger partial charge in [0.2, 0.25) is 0 Å². The molecule has 0 aromatic carbocycles. The van der Waals surface area contributed by atoms with Crippen LogP contribution >= 0.6 is 23.1 Å². The van der Waals surface area contributed by atoms with E-state index in [1.54, 1.807) is 11.8 Å². The molecule has 1 amide bonds. The van der Waals surface area contributed by atoms with Crippen molar-refractivity contribution in [1.82, 2.24) is 5.32 Å². The highest BCUT2D eigenvalue weighted by Gasteiger charge is 2.35. The Bertz CT molecular complexity index is 567. The van der Waals surface area contributed by atoms with Crippen LogP contribution in [-0.2, 0) is 0 Å². The van der Waals surface area contributed by atoms with Crippen LogP contribution < -0.4 is 16.0 Å². The van der Waals surface area contributed by atoms with Gasteiger partial charge < -0.3 is 21.1 Å². The molecule has 116 valence electrons. The molecule has 2 heterocycles. The van der Waals surface area contributed by atoms with Crippen LogP contribution in [0, 0.1) is 0 Å².